The highest BCUT2D eigenvalue weighted by molar-refractivity contribution is 7.08. The second kappa shape index (κ2) is 4.48. The Morgan fingerprint density at radius 3 is 3.00 bits per heavy atom. The minimum Gasteiger partial charge on any atom is -0.337 e. The molecule has 1 atom stereocenters. The second-order valence-corrected chi connectivity index (χ2v) is 5.60. The lowest BCUT2D eigenvalue weighted by molar-refractivity contribution is 0.250. The molecule has 4 nitrogen and oxygen atoms in total. The molecule has 96 valence electrons. The summed E-state index contributed by atoms with van der Waals surface area (Å²) in [5.41, 5.74) is 2.19. The van der Waals surface area contributed by atoms with E-state index in [1.54, 1.807) is 11.3 Å². The highest BCUT2D eigenvalue weighted by Gasteiger charge is 2.39. The molecule has 0 aliphatic carbocycles. The first-order valence-corrected chi connectivity index (χ1v) is 7.32. The highest BCUT2D eigenvalue weighted by atomic mass is 32.1. The quantitative estimate of drug-likeness (QED) is 0.924. The van der Waals surface area contributed by atoms with E-state index in [0.29, 0.717) is 5.82 Å². The van der Waals surface area contributed by atoms with Gasteiger partial charge < -0.3 is 9.84 Å². The van der Waals surface area contributed by atoms with E-state index in [1.165, 1.54) is 12.0 Å². The van der Waals surface area contributed by atoms with E-state index in [9.17, 15) is 0 Å². The van der Waals surface area contributed by atoms with Crippen LogP contribution in [0.2, 0.25) is 0 Å². The molecule has 0 radical (unpaired) electrons. The van der Waals surface area contributed by atoms with E-state index >= 15 is 0 Å². The van der Waals surface area contributed by atoms with Gasteiger partial charge in [-0.1, -0.05) is 12.1 Å². The van der Waals surface area contributed by atoms with Crippen LogP contribution in [0.15, 0.2) is 15.3 Å². The summed E-state index contributed by atoms with van der Waals surface area (Å²) in [6, 6.07) is 0. The Morgan fingerprint density at radius 2 is 2.39 bits per heavy atom. The Kier molecular flexibility index (Phi) is 2.95. The van der Waals surface area contributed by atoms with Gasteiger partial charge in [0, 0.05) is 10.9 Å². The molecular formula is C13H17N3OS. The summed E-state index contributed by atoms with van der Waals surface area (Å²) < 4.78 is 5.50. The van der Waals surface area contributed by atoms with Gasteiger partial charge in [-0.3, -0.25) is 0 Å². The zero-order chi connectivity index (χ0) is 12.6. The molecule has 1 saturated heterocycles. The van der Waals surface area contributed by atoms with E-state index in [1.807, 2.05) is 0 Å². The molecule has 0 amide bonds. The molecule has 18 heavy (non-hydrogen) atoms. The molecule has 1 N–H and O–H groups in total. The third-order valence-electron chi connectivity index (χ3n) is 3.78. The van der Waals surface area contributed by atoms with Crippen LogP contribution in [0.1, 0.15) is 37.6 Å². The lowest BCUT2D eigenvalue weighted by atomic mass is 9.94. The fourth-order valence-corrected chi connectivity index (χ4v) is 3.39. The predicted molar refractivity (Wildman–Crippen MR) is 71.6 cm³/mol. The minimum absolute atomic E-state index is 0.102. The third-order valence-corrected chi connectivity index (χ3v) is 4.64. The maximum atomic E-state index is 5.50. The van der Waals surface area contributed by atoms with Crippen molar-refractivity contribution in [3.63, 3.8) is 0 Å². The van der Waals surface area contributed by atoms with Crippen molar-refractivity contribution in [3.05, 3.63) is 22.2 Å². The standard InChI is InChI=1S/C13H17N3OS/c1-3-13(5-4-6-14-13)12-15-11(16-17-12)10-8-18-7-9(10)2/h7-8,14H,3-6H2,1-2H3. The summed E-state index contributed by atoms with van der Waals surface area (Å²) >= 11 is 1.67. The van der Waals surface area contributed by atoms with Gasteiger partial charge in [-0.2, -0.15) is 16.3 Å². The summed E-state index contributed by atoms with van der Waals surface area (Å²) in [6.45, 7) is 5.27. The van der Waals surface area contributed by atoms with Gasteiger partial charge in [0.15, 0.2) is 0 Å². The lowest BCUT2D eigenvalue weighted by Crippen LogP contribution is -2.36. The van der Waals surface area contributed by atoms with Gasteiger partial charge >= 0.3 is 0 Å². The maximum absolute atomic E-state index is 5.50. The smallest absolute Gasteiger partial charge is 0.247 e. The number of rotatable bonds is 3. The minimum atomic E-state index is -0.102. The molecule has 2 aromatic rings. The van der Waals surface area contributed by atoms with Crippen LogP contribution in [0.5, 0.6) is 0 Å². The van der Waals surface area contributed by atoms with E-state index in [4.69, 9.17) is 4.52 Å². The van der Waals surface area contributed by atoms with Crippen molar-refractivity contribution in [2.75, 3.05) is 6.54 Å². The van der Waals surface area contributed by atoms with Gasteiger partial charge in [-0.25, -0.2) is 0 Å². The van der Waals surface area contributed by atoms with Crippen molar-refractivity contribution >= 4 is 11.3 Å². The predicted octanol–water partition coefficient (Wildman–Crippen LogP) is 3.10. The largest absolute Gasteiger partial charge is 0.337 e. The summed E-state index contributed by atoms with van der Waals surface area (Å²) in [7, 11) is 0. The van der Waals surface area contributed by atoms with Crippen molar-refractivity contribution in [2.45, 2.75) is 38.6 Å². The molecule has 0 spiro atoms. The van der Waals surface area contributed by atoms with Gasteiger partial charge in [0.25, 0.3) is 0 Å². The number of nitrogens with one attached hydrogen (secondary N) is 1. The van der Waals surface area contributed by atoms with Gasteiger partial charge in [0.1, 0.15) is 0 Å². The molecule has 1 aliphatic rings. The molecule has 1 fully saturated rings. The fraction of sp³-hybridized carbons (Fsp3) is 0.538. The van der Waals surface area contributed by atoms with Crippen LogP contribution in [0.4, 0.5) is 0 Å². The molecule has 1 aliphatic heterocycles. The number of aromatic nitrogens is 2. The third kappa shape index (κ3) is 1.78. The van der Waals surface area contributed by atoms with Crippen LogP contribution in [0.25, 0.3) is 11.4 Å². The Labute approximate surface area is 110 Å². The van der Waals surface area contributed by atoms with E-state index in [2.05, 4.69) is 40.1 Å². The fourth-order valence-electron chi connectivity index (χ4n) is 2.56. The molecular weight excluding hydrogens is 246 g/mol. The molecule has 0 bridgehead atoms. The summed E-state index contributed by atoms with van der Waals surface area (Å²) in [5, 5.41) is 11.8. The second-order valence-electron chi connectivity index (χ2n) is 4.86. The molecule has 5 heteroatoms. The Bertz CT molecular complexity index is 540. The van der Waals surface area contributed by atoms with Gasteiger partial charge in [0.05, 0.1) is 5.54 Å². The van der Waals surface area contributed by atoms with Crippen molar-refractivity contribution in [2.24, 2.45) is 0 Å². The summed E-state index contributed by atoms with van der Waals surface area (Å²) in [4.78, 5) is 4.60. The monoisotopic (exact) mass is 263 g/mol. The molecule has 1 unspecified atom stereocenters. The van der Waals surface area contributed by atoms with Gasteiger partial charge in [-0.05, 0) is 43.7 Å². The zero-order valence-electron chi connectivity index (χ0n) is 10.7. The number of hydrogen-bond acceptors (Lipinski definition) is 5. The Hall–Kier alpha value is -1.20. The van der Waals surface area contributed by atoms with E-state index in [-0.39, 0.29) is 5.54 Å². The summed E-state index contributed by atoms with van der Waals surface area (Å²) in [5.74, 6) is 1.45. The Balaban J connectivity index is 1.96. The van der Waals surface area contributed by atoms with Crippen LogP contribution < -0.4 is 5.32 Å². The normalized spacial score (nSPS) is 23.7. The Morgan fingerprint density at radius 1 is 1.50 bits per heavy atom. The van der Waals surface area contributed by atoms with Crippen LogP contribution in [-0.4, -0.2) is 16.7 Å². The lowest BCUT2D eigenvalue weighted by Gasteiger charge is -2.22. The van der Waals surface area contributed by atoms with Crippen LogP contribution in [-0.2, 0) is 5.54 Å². The zero-order valence-corrected chi connectivity index (χ0v) is 11.5. The molecule has 3 heterocycles. The first-order chi connectivity index (χ1) is 8.75. The van der Waals surface area contributed by atoms with Crippen molar-refractivity contribution < 1.29 is 4.52 Å². The number of hydrogen-bond donors (Lipinski definition) is 1. The van der Waals surface area contributed by atoms with E-state index in [0.717, 1.165) is 30.8 Å². The maximum Gasteiger partial charge on any atom is 0.247 e. The van der Waals surface area contributed by atoms with Crippen molar-refractivity contribution in [1.82, 2.24) is 15.5 Å². The number of nitrogens with zero attached hydrogens (tertiary/aromatic N) is 2. The SMILES string of the molecule is CCC1(c2nc(-c3cscc3C)no2)CCCN1. The van der Waals surface area contributed by atoms with E-state index < -0.39 is 0 Å². The molecule has 0 saturated carbocycles. The topological polar surface area (TPSA) is 51.0 Å². The van der Waals surface area contributed by atoms with Crippen LogP contribution in [0, 0.1) is 6.92 Å². The average Bonchev–Trinajstić information content (AvgIpc) is 3.08. The molecule has 2 aromatic heterocycles. The van der Waals surface area contributed by atoms with Crippen LogP contribution >= 0.6 is 11.3 Å². The number of thiophene rings is 1. The highest BCUT2D eigenvalue weighted by Crippen LogP contribution is 2.34. The van der Waals surface area contributed by atoms with Crippen LogP contribution in [0.3, 0.4) is 0 Å². The van der Waals surface area contributed by atoms with Gasteiger partial charge in [-0.15, -0.1) is 0 Å². The molecule has 0 aromatic carbocycles. The van der Waals surface area contributed by atoms with Crippen molar-refractivity contribution in [1.29, 1.82) is 0 Å². The first-order valence-electron chi connectivity index (χ1n) is 6.37. The van der Waals surface area contributed by atoms with Crippen molar-refractivity contribution in [3.8, 4) is 11.4 Å². The number of aryl methyl sites for hydroxylation is 1. The summed E-state index contributed by atoms with van der Waals surface area (Å²) in [6.07, 6.45) is 3.23. The first kappa shape index (κ1) is 11.9. The van der Waals surface area contributed by atoms with Gasteiger partial charge in [0.2, 0.25) is 11.7 Å². The average molecular weight is 263 g/mol. The molecule has 3 rings (SSSR count).